The van der Waals surface area contributed by atoms with Gasteiger partial charge in [0.15, 0.2) is 0 Å². The minimum atomic E-state index is 0.0257. The maximum Gasteiger partial charge on any atom is 0.122 e. The molecule has 27 heavy (non-hydrogen) atoms. The van der Waals surface area contributed by atoms with E-state index >= 15 is 0 Å². The minimum Gasteiger partial charge on any atom is -0.497 e. The number of hydrogen-bond acceptors (Lipinski definition) is 2. The summed E-state index contributed by atoms with van der Waals surface area (Å²) in [7, 11) is 3.55. The third kappa shape index (κ3) is 2.38. The van der Waals surface area contributed by atoms with Crippen molar-refractivity contribution in [3.63, 3.8) is 0 Å². The monoisotopic (exact) mass is 364 g/mol. The van der Waals surface area contributed by atoms with Crippen LogP contribution in [-0.2, 0) is 16.2 Å². The lowest BCUT2D eigenvalue weighted by molar-refractivity contribution is 0.348. The summed E-state index contributed by atoms with van der Waals surface area (Å²) in [5.74, 6) is 1.96. The van der Waals surface area contributed by atoms with Gasteiger partial charge in [0.05, 0.1) is 14.2 Å². The van der Waals surface area contributed by atoms with Crippen LogP contribution in [0.15, 0.2) is 24.3 Å². The first-order chi connectivity index (χ1) is 12.6. The molecule has 2 heteroatoms. The molecule has 0 radical (unpaired) electrons. The van der Waals surface area contributed by atoms with E-state index in [0.717, 1.165) is 24.3 Å². The number of ether oxygens (including phenoxy) is 2. The smallest absolute Gasteiger partial charge is 0.122 e. The fourth-order valence-corrected chi connectivity index (χ4v) is 6.29. The number of rotatable bonds is 2. The van der Waals surface area contributed by atoms with Crippen molar-refractivity contribution in [2.45, 2.75) is 70.6 Å². The third-order valence-electron chi connectivity index (χ3n) is 7.00. The van der Waals surface area contributed by atoms with E-state index in [9.17, 15) is 0 Å². The highest BCUT2D eigenvalue weighted by Crippen LogP contribution is 2.64. The van der Waals surface area contributed by atoms with Gasteiger partial charge in [0.25, 0.3) is 0 Å². The van der Waals surface area contributed by atoms with Gasteiger partial charge < -0.3 is 9.47 Å². The van der Waals surface area contributed by atoms with Gasteiger partial charge in [0, 0.05) is 5.41 Å². The Morgan fingerprint density at radius 2 is 1.37 bits per heavy atom. The van der Waals surface area contributed by atoms with E-state index in [0.29, 0.717) is 0 Å². The van der Waals surface area contributed by atoms with Crippen LogP contribution < -0.4 is 9.47 Å². The second-order valence-corrected chi connectivity index (χ2v) is 9.94. The molecule has 2 aliphatic rings. The molecule has 2 nitrogen and oxygen atoms in total. The predicted molar refractivity (Wildman–Crippen MR) is 112 cm³/mol. The second kappa shape index (κ2) is 5.53. The maximum atomic E-state index is 5.73. The number of hydrogen-bond donors (Lipinski definition) is 0. The zero-order chi connectivity index (χ0) is 19.8. The summed E-state index contributed by atoms with van der Waals surface area (Å²) in [5, 5.41) is 0. The first kappa shape index (κ1) is 18.4. The molecule has 2 aromatic rings. The summed E-state index contributed by atoms with van der Waals surface area (Å²) in [4.78, 5) is 0. The van der Waals surface area contributed by atoms with Crippen LogP contribution in [0.4, 0.5) is 0 Å². The van der Waals surface area contributed by atoms with Crippen molar-refractivity contribution in [2.75, 3.05) is 14.2 Å². The van der Waals surface area contributed by atoms with Crippen molar-refractivity contribution in [1.82, 2.24) is 0 Å². The quantitative estimate of drug-likeness (QED) is 0.653. The molecule has 0 aliphatic heterocycles. The lowest BCUT2D eigenvalue weighted by Crippen LogP contribution is -2.27. The molecular weight excluding hydrogens is 332 g/mol. The average molecular weight is 365 g/mol. The number of aryl methyl sites for hydroxylation is 2. The highest BCUT2D eigenvalue weighted by molar-refractivity contribution is 5.64. The van der Waals surface area contributed by atoms with E-state index in [1.165, 1.54) is 33.4 Å². The zero-order valence-corrected chi connectivity index (χ0v) is 18.0. The molecule has 1 atom stereocenters. The highest BCUT2D eigenvalue weighted by atomic mass is 16.5. The van der Waals surface area contributed by atoms with E-state index < -0.39 is 0 Å². The molecule has 0 heterocycles. The van der Waals surface area contributed by atoms with Gasteiger partial charge in [0.2, 0.25) is 0 Å². The van der Waals surface area contributed by atoms with Gasteiger partial charge in [-0.1, -0.05) is 33.8 Å². The molecule has 2 aromatic carbocycles. The molecule has 0 saturated carbocycles. The molecule has 144 valence electrons. The Morgan fingerprint density at radius 1 is 0.704 bits per heavy atom. The Bertz CT molecular complexity index is 936. The van der Waals surface area contributed by atoms with E-state index in [4.69, 9.17) is 9.47 Å². The fraction of sp³-hybridized carbons (Fsp3) is 0.520. The zero-order valence-electron chi connectivity index (χ0n) is 18.0. The van der Waals surface area contributed by atoms with Gasteiger partial charge >= 0.3 is 0 Å². The summed E-state index contributed by atoms with van der Waals surface area (Å²) in [6, 6.07) is 9.17. The van der Waals surface area contributed by atoms with Crippen molar-refractivity contribution < 1.29 is 9.47 Å². The molecule has 0 N–H and O–H groups in total. The first-order valence-corrected chi connectivity index (χ1v) is 9.95. The van der Waals surface area contributed by atoms with Gasteiger partial charge in [-0.2, -0.15) is 0 Å². The minimum absolute atomic E-state index is 0.0257. The van der Waals surface area contributed by atoms with Gasteiger partial charge in [-0.15, -0.1) is 0 Å². The molecular formula is C25H32O2. The molecule has 0 amide bonds. The van der Waals surface area contributed by atoms with Crippen LogP contribution in [0.25, 0.3) is 0 Å². The van der Waals surface area contributed by atoms with Crippen molar-refractivity contribution in [2.24, 2.45) is 0 Å². The van der Waals surface area contributed by atoms with Gasteiger partial charge in [-0.25, -0.2) is 0 Å². The molecule has 0 fully saturated rings. The Balaban J connectivity index is 2.07. The summed E-state index contributed by atoms with van der Waals surface area (Å²) in [6.07, 6.45) is 2.26. The Morgan fingerprint density at radius 3 is 2.00 bits per heavy atom. The van der Waals surface area contributed by atoms with E-state index in [2.05, 4.69) is 65.8 Å². The standard InChI is InChI=1S/C25H32O2/c1-15-10-18-19(12-21(15)27-8)25(13-23(18,3)4)14-24(5,6)22-16(2)9-17(26-7)11-20(22)25/h9-12H,13-14H2,1-8H3. The Kier molecular flexibility index (Phi) is 3.77. The van der Waals surface area contributed by atoms with Crippen molar-refractivity contribution in [1.29, 1.82) is 0 Å². The molecule has 1 spiro atoms. The molecule has 2 aliphatic carbocycles. The van der Waals surface area contributed by atoms with Crippen LogP contribution in [-0.4, -0.2) is 14.2 Å². The Hall–Kier alpha value is -1.96. The predicted octanol–water partition coefficient (Wildman–Crippen LogP) is 5.97. The topological polar surface area (TPSA) is 18.5 Å². The van der Waals surface area contributed by atoms with Crippen molar-refractivity contribution >= 4 is 0 Å². The lowest BCUT2D eigenvalue weighted by atomic mass is 9.72. The highest BCUT2D eigenvalue weighted by Gasteiger charge is 2.56. The van der Waals surface area contributed by atoms with E-state index in [1.54, 1.807) is 14.2 Å². The van der Waals surface area contributed by atoms with Crippen molar-refractivity contribution in [3.05, 3.63) is 57.6 Å². The molecule has 4 rings (SSSR count). The molecule has 0 saturated heterocycles. The fourth-order valence-electron chi connectivity index (χ4n) is 6.29. The number of benzene rings is 2. The van der Waals surface area contributed by atoms with Gasteiger partial charge in [0.1, 0.15) is 11.5 Å². The van der Waals surface area contributed by atoms with E-state index in [-0.39, 0.29) is 16.2 Å². The van der Waals surface area contributed by atoms with Crippen LogP contribution in [0, 0.1) is 13.8 Å². The second-order valence-electron chi connectivity index (χ2n) is 9.94. The summed E-state index contributed by atoms with van der Waals surface area (Å²) < 4.78 is 11.4. The van der Waals surface area contributed by atoms with Gasteiger partial charge in [-0.05, 0) is 89.1 Å². The van der Waals surface area contributed by atoms with E-state index in [1.807, 2.05) is 0 Å². The number of methoxy groups -OCH3 is 2. The van der Waals surface area contributed by atoms with Crippen LogP contribution >= 0.6 is 0 Å². The van der Waals surface area contributed by atoms with Crippen LogP contribution in [0.5, 0.6) is 11.5 Å². The largest absolute Gasteiger partial charge is 0.497 e. The lowest BCUT2D eigenvalue weighted by Gasteiger charge is -2.30. The SMILES string of the molecule is COc1cc(C)c2c(c1)C1(CC(C)(C)c3cc(C)c(OC)cc31)CC2(C)C. The van der Waals surface area contributed by atoms with Crippen LogP contribution in [0.3, 0.4) is 0 Å². The molecule has 0 aromatic heterocycles. The summed E-state index contributed by atoms with van der Waals surface area (Å²) in [5.41, 5.74) is 8.77. The average Bonchev–Trinajstić information content (AvgIpc) is 2.93. The number of fused-ring (bicyclic) bond motifs is 4. The summed E-state index contributed by atoms with van der Waals surface area (Å²) in [6.45, 7) is 14.0. The summed E-state index contributed by atoms with van der Waals surface area (Å²) >= 11 is 0. The molecule has 0 bridgehead atoms. The first-order valence-electron chi connectivity index (χ1n) is 9.95. The normalized spacial score (nSPS) is 24.0. The Labute approximate surface area is 163 Å². The van der Waals surface area contributed by atoms with Crippen molar-refractivity contribution in [3.8, 4) is 11.5 Å². The molecule has 1 unspecified atom stereocenters. The van der Waals surface area contributed by atoms with Crippen LogP contribution in [0.1, 0.15) is 73.9 Å². The van der Waals surface area contributed by atoms with Crippen LogP contribution in [0.2, 0.25) is 0 Å². The van der Waals surface area contributed by atoms with Gasteiger partial charge in [-0.3, -0.25) is 0 Å². The maximum absolute atomic E-state index is 5.73. The third-order valence-corrected chi connectivity index (χ3v) is 7.00.